The molecule has 0 radical (unpaired) electrons. The van der Waals surface area contributed by atoms with E-state index in [4.69, 9.17) is 0 Å². The Morgan fingerprint density at radius 3 is 2.81 bits per heavy atom. The van der Waals surface area contributed by atoms with Gasteiger partial charge in [0.2, 0.25) is 0 Å². The first-order chi connectivity index (χ1) is 10.2. The number of benzene rings is 1. The van der Waals surface area contributed by atoms with Crippen LogP contribution in [0.5, 0.6) is 0 Å². The van der Waals surface area contributed by atoms with Gasteiger partial charge in [0.25, 0.3) is 5.69 Å². The Bertz CT molecular complexity index is 796. The van der Waals surface area contributed by atoms with Gasteiger partial charge in [-0.15, -0.1) is 0 Å². The number of nitrogens with zero attached hydrogens (tertiary/aromatic N) is 5. The van der Waals surface area contributed by atoms with Crippen molar-refractivity contribution in [3.8, 4) is 0 Å². The van der Waals surface area contributed by atoms with E-state index in [0.29, 0.717) is 17.9 Å². The molecule has 0 spiro atoms. The number of rotatable bonds is 4. The van der Waals surface area contributed by atoms with Crippen molar-refractivity contribution >= 4 is 22.4 Å². The first kappa shape index (κ1) is 13.0. The van der Waals surface area contributed by atoms with Crippen molar-refractivity contribution in [2.45, 2.75) is 6.54 Å². The van der Waals surface area contributed by atoms with Gasteiger partial charge in [-0.2, -0.15) is 5.10 Å². The van der Waals surface area contributed by atoms with Crippen molar-refractivity contribution < 1.29 is 4.92 Å². The maximum absolute atomic E-state index is 10.9. The summed E-state index contributed by atoms with van der Waals surface area (Å²) in [5.74, 6) is 0.680. The number of aromatic nitrogens is 4. The minimum absolute atomic E-state index is 0.0425. The monoisotopic (exact) mass is 284 g/mol. The summed E-state index contributed by atoms with van der Waals surface area (Å²) in [5, 5.41) is 18.8. The number of hydrogen-bond acceptors (Lipinski definition) is 6. The lowest BCUT2D eigenvalue weighted by Crippen LogP contribution is -2.05. The Morgan fingerprint density at radius 2 is 2.14 bits per heavy atom. The lowest BCUT2D eigenvalue weighted by molar-refractivity contribution is -0.384. The first-order valence-corrected chi connectivity index (χ1v) is 6.26. The van der Waals surface area contributed by atoms with Gasteiger partial charge in [0.05, 0.1) is 41.3 Å². The van der Waals surface area contributed by atoms with Crippen LogP contribution in [-0.2, 0) is 6.54 Å². The Balaban J connectivity index is 1.95. The molecule has 0 aliphatic carbocycles. The number of hydrogen-bond donors (Lipinski definition) is 1. The van der Waals surface area contributed by atoms with Crippen LogP contribution in [0.3, 0.4) is 0 Å². The molecule has 8 heteroatoms. The first-order valence-electron chi connectivity index (χ1n) is 6.26. The van der Waals surface area contributed by atoms with Crippen molar-refractivity contribution in [1.82, 2.24) is 19.7 Å². The normalized spacial score (nSPS) is 10.7. The number of nitro groups is 1. The van der Waals surface area contributed by atoms with Gasteiger partial charge in [-0.3, -0.25) is 19.8 Å². The van der Waals surface area contributed by atoms with E-state index in [2.05, 4.69) is 20.4 Å². The van der Waals surface area contributed by atoms with Gasteiger partial charge in [-0.1, -0.05) is 0 Å². The van der Waals surface area contributed by atoms with Crippen LogP contribution in [0.1, 0.15) is 5.69 Å². The maximum atomic E-state index is 10.9. The van der Waals surface area contributed by atoms with E-state index >= 15 is 0 Å². The second-order valence-electron chi connectivity index (χ2n) is 4.45. The molecule has 1 aromatic carbocycles. The molecule has 1 N–H and O–H groups in total. The Morgan fingerprint density at radius 1 is 1.29 bits per heavy atom. The summed E-state index contributed by atoms with van der Waals surface area (Å²) in [6.07, 6.45) is 4.95. The lowest BCUT2D eigenvalue weighted by atomic mass is 10.2. The van der Waals surface area contributed by atoms with E-state index in [9.17, 15) is 10.1 Å². The summed E-state index contributed by atoms with van der Waals surface area (Å²) in [5.41, 5.74) is 1.47. The number of fused-ring (bicyclic) bond motifs is 1. The maximum Gasteiger partial charge on any atom is 0.271 e. The third-order valence-electron chi connectivity index (χ3n) is 3.11. The molecule has 0 aliphatic heterocycles. The summed E-state index contributed by atoms with van der Waals surface area (Å²) in [6, 6.07) is 4.67. The standard InChI is InChI=1S/C13H12N6O2/c1-14-13-7-15-10(6-16-13)8-18-12-4-11(19(20)21)3-2-9(12)5-17-18/h2-7H,8H2,1H3,(H,14,16). The van der Waals surface area contributed by atoms with E-state index in [1.807, 2.05) is 0 Å². The smallest absolute Gasteiger partial charge is 0.271 e. The van der Waals surface area contributed by atoms with Gasteiger partial charge in [0, 0.05) is 24.6 Å². The topological polar surface area (TPSA) is 98.8 Å². The second kappa shape index (κ2) is 5.16. The van der Waals surface area contributed by atoms with E-state index in [1.165, 1.54) is 12.1 Å². The minimum Gasteiger partial charge on any atom is -0.372 e. The van der Waals surface area contributed by atoms with Gasteiger partial charge >= 0.3 is 0 Å². The van der Waals surface area contributed by atoms with Gasteiger partial charge in [0.1, 0.15) is 5.82 Å². The average molecular weight is 284 g/mol. The quantitative estimate of drug-likeness (QED) is 0.579. The van der Waals surface area contributed by atoms with Crippen LogP contribution in [-0.4, -0.2) is 31.7 Å². The molecule has 21 heavy (non-hydrogen) atoms. The molecule has 0 aliphatic rings. The minimum atomic E-state index is -0.418. The van der Waals surface area contributed by atoms with Crippen molar-refractivity contribution in [2.24, 2.45) is 0 Å². The second-order valence-corrected chi connectivity index (χ2v) is 4.45. The highest BCUT2D eigenvalue weighted by Gasteiger charge is 2.10. The molecule has 0 atom stereocenters. The number of nitro benzene ring substituents is 1. The molecular weight excluding hydrogens is 272 g/mol. The third-order valence-corrected chi connectivity index (χ3v) is 3.11. The lowest BCUT2D eigenvalue weighted by Gasteiger charge is -2.04. The Hall–Kier alpha value is -3.03. The molecule has 2 aromatic heterocycles. The molecule has 0 bridgehead atoms. The molecule has 0 saturated heterocycles. The fourth-order valence-corrected chi connectivity index (χ4v) is 2.02. The van der Waals surface area contributed by atoms with Gasteiger partial charge in [-0.25, -0.2) is 4.98 Å². The highest BCUT2D eigenvalue weighted by atomic mass is 16.6. The molecule has 0 saturated carbocycles. The SMILES string of the molecule is CNc1cnc(Cn2ncc3ccc([N+](=O)[O-])cc32)cn1. The van der Waals surface area contributed by atoms with Crippen LogP contribution in [0, 0.1) is 10.1 Å². The summed E-state index contributed by atoms with van der Waals surface area (Å²) in [4.78, 5) is 18.9. The Labute approximate surface area is 119 Å². The molecule has 2 heterocycles. The number of non-ortho nitro benzene ring substituents is 1. The van der Waals surface area contributed by atoms with Crippen molar-refractivity contribution in [2.75, 3.05) is 12.4 Å². The highest BCUT2D eigenvalue weighted by molar-refractivity contribution is 5.81. The predicted octanol–water partition coefficient (Wildman–Crippen LogP) is 1.82. The molecule has 0 unspecified atom stereocenters. The zero-order chi connectivity index (χ0) is 14.8. The van der Waals surface area contributed by atoms with E-state index in [-0.39, 0.29) is 5.69 Å². The van der Waals surface area contributed by atoms with E-state index in [0.717, 1.165) is 11.1 Å². The predicted molar refractivity (Wildman–Crippen MR) is 77.1 cm³/mol. The van der Waals surface area contributed by atoms with Gasteiger partial charge < -0.3 is 5.32 Å². The van der Waals surface area contributed by atoms with Crippen LogP contribution in [0.15, 0.2) is 36.8 Å². The van der Waals surface area contributed by atoms with Gasteiger partial charge in [0.15, 0.2) is 0 Å². The average Bonchev–Trinajstić information content (AvgIpc) is 2.90. The molecule has 106 valence electrons. The molecule has 3 aromatic rings. The van der Waals surface area contributed by atoms with Crippen molar-refractivity contribution in [1.29, 1.82) is 0 Å². The number of anilines is 1. The Kier molecular flexibility index (Phi) is 3.19. The fourth-order valence-electron chi connectivity index (χ4n) is 2.02. The molecule has 3 rings (SSSR count). The van der Waals surface area contributed by atoms with Crippen LogP contribution in [0.4, 0.5) is 11.5 Å². The molecule has 0 amide bonds. The fraction of sp³-hybridized carbons (Fsp3) is 0.154. The number of nitrogens with one attached hydrogen (secondary N) is 1. The summed E-state index contributed by atoms with van der Waals surface area (Å²) >= 11 is 0. The molecular formula is C13H12N6O2. The zero-order valence-corrected chi connectivity index (χ0v) is 11.2. The highest BCUT2D eigenvalue weighted by Crippen LogP contribution is 2.21. The van der Waals surface area contributed by atoms with Crippen molar-refractivity contribution in [3.63, 3.8) is 0 Å². The third kappa shape index (κ3) is 2.50. The molecule has 0 fully saturated rings. The van der Waals surface area contributed by atoms with Crippen LogP contribution in [0.25, 0.3) is 10.9 Å². The zero-order valence-electron chi connectivity index (χ0n) is 11.2. The summed E-state index contributed by atoms with van der Waals surface area (Å²) < 4.78 is 1.67. The van der Waals surface area contributed by atoms with Crippen LogP contribution >= 0.6 is 0 Å². The summed E-state index contributed by atoms with van der Waals surface area (Å²) in [6.45, 7) is 0.404. The van der Waals surface area contributed by atoms with E-state index < -0.39 is 4.92 Å². The largest absolute Gasteiger partial charge is 0.372 e. The van der Waals surface area contributed by atoms with Crippen LogP contribution < -0.4 is 5.32 Å². The summed E-state index contributed by atoms with van der Waals surface area (Å²) in [7, 11) is 1.77. The van der Waals surface area contributed by atoms with E-state index in [1.54, 1.807) is 36.4 Å². The van der Waals surface area contributed by atoms with Crippen LogP contribution in [0.2, 0.25) is 0 Å². The van der Waals surface area contributed by atoms with Gasteiger partial charge in [-0.05, 0) is 6.07 Å². The van der Waals surface area contributed by atoms with Crippen molar-refractivity contribution in [3.05, 3.63) is 52.6 Å². The molecule has 8 nitrogen and oxygen atoms in total.